The van der Waals surface area contributed by atoms with E-state index in [9.17, 15) is 4.79 Å². The summed E-state index contributed by atoms with van der Waals surface area (Å²) in [4.78, 5) is 14.6. The average molecular weight is 293 g/mol. The van der Waals surface area contributed by atoms with Gasteiger partial charge in [0.1, 0.15) is 0 Å². The highest BCUT2D eigenvalue weighted by Crippen LogP contribution is 2.31. The lowest BCUT2D eigenvalue weighted by molar-refractivity contribution is -0.131. The molecule has 0 saturated carbocycles. The molecule has 2 aromatic carbocycles. The molecule has 0 fully saturated rings. The molecule has 0 aliphatic carbocycles. The highest BCUT2D eigenvalue weighted by molar-refractivity contribution is 5.92. The maximum Gasteiger partial charge on any atom is 0.249 e. The van der Waals surface area contributed by atoms with E-state index in [1.54, 1.807) is 6.92 Å². The summed E-state index contributed by atoms with van der Waals surface area (Å²) in [6.45, 7) is 9.74. The fourth-order valence-corrected chi connectivity index (χ4v) is 2.69. The second-order valence-electron chi connectivity index (χ2n) is 5.67. The smallest absolute Gasteiger partial charge is 0.249 e. The van der Waals surface area contributed by atoms with Gasteiger partial charge in [0.05, 0.1) is 12.1 Å². The highest BCUT2D eigenvalue weighted by Gasteiger charge is 2.27. The summed E-state index contributed by atoms with van der Waals surface area (Å²) < 4.78 is 0. The molecule has 2 nitrogen and oxygen atoms in total. The molecule has 1 amide bonds. The molecule has 114 valence electrons. The van der Waals surface area contributed by atoms with Gasteiger partial charge in [-0.15, -0.1) is 0 Å². The van der Waals surface area contributed by atoms with Crippen LogP contribution in [-0.4, -0.2) is 10.8 Å². The van der Waals surface area contributed by atoms with Crippen molar-refractivity contribution in [3.05, 3.63) is 83.9 Å². The van der Waals surface area contributed by atoms with Crippen LogP contribution >= 0.6 is 0 Å². The van der Waals surface area contributed by atoms with E-state index in [1.165, 1.54) is 0 Å². The summed E-state index contributed by atoms with van der Waals surface area (Å²) in [5.74, 6) is -0.00675. The van der Waals surface area contributed by atoms with Gasteiger partial charge >= 0.3 is 0 Å². The summed E-state index contributed by atoms with van der Waals surface area (Å²) in [5.41, 5.74) is 2.81. The van der Waals surface area contributed by atoms with E-state index in [0.717, 1.165) is 11.1 Å². The normalized spacial score (nSPS) is 13.2. The lowest BCUT2D eigenvalue weighted by Crippen LogP contribution is -2.36. The Balaban J connectivity index is 2.39. The zero-order chi connectivity index (χ0) is 16.1. The van der Waals surface area contributed by atoms with Crippen molar-refractivity contribution in [2.75, 3.05) is 0 Å². The van der Waals surface area contributed by atoms with Crippen LogP contribution in [0.25, 0.3) is 0 Å². The van der Waals surface area contributed by atoms with Gasteiger partial charge in [-0.05, 0) is 31.9 Å². The molecule has 0 radical (unpaired) electrons. The standard InChI is InChI=1S/C20H23NO/c1-15(2)20(22)21(16(3)18-11-7-5-8-12-18)17(4)19-13-9-6-10-14-19/h5-14,16-17H,1H2,2-4H3/t16-,17-/m0/s1. The first-order chi connectivity index (χ1) is 10.5. The van der Waals surface area contributed by atoms with Crippen LogP contribution in [0.1, 0.15) is 44.0 Å². The van der Waals surface area contributed by atoms with E-state index in [0.29, 0.717) is 5.57 Å². The Kier molecular flexibility index (Phi) is 5.16. The van der Waals surface area contributed by atoms with Crippen LogP contribution < -0.4 is 0 Å². The number of hydrogen-bond donors (Lipinski definition) is 0. The molecule has 0 aromatic heterocycles. The Hall–Kier alpha value is -2.35. The van der Waals surface area contributed by atoms with Gasteiger partial charge in [0.25, 0.3) is 0 Å². The first kappa shape index (κ1) is 16.0. The third-order valence-electron chi connectivity index (χ3n) is 4.00. The Morgan fingerprint density at radius 3 is 1.55 bits per heavy atom. The van der Waals surface area contributed by atoms with Gasteiger partial charge in [-0.1, -0.05) is 67.2 Å². The predicted octanol–water partition coefficient (Wildman–Crippen LogP) is 4.91. The van der Waals surface area contributed by atoms with E-state index in [4.69, 9.17) is 0 Å². The molecule has 0 bridgehead atoms. The van der Waals surface area contributed by atoms with Crippen LogP contribution in [0.4, 0.5) is 0 Å². The minimum atomic E-state index is -0.0133. The number of carbonyl (C=O) groups excluding carboxylic acids is 1. The maximum atomic E-state index is 12.7. The van der Waals surface area contributed by atoms with Gasteiger partial charge in [0, 0.05) is 5.57 Å². The molecular weight excluding hydrogens is 270 g/mol. The molecule has 2 heteroatoms. The monoisotopic (exact) mass is 293 g/mol. The van der Waals surface area contributed by atoms with Crippen LogP contribution in [0.15, 0.2) is 72.8 Å². The number of amides is 1. The molecule has 0 aliphatic heterocycles. The molecule has 0 spiro atoms. The van der Waals surface area contributed by atoms with Gasteiger partial charge in [0.15, 0.2) is 0 Å². The van der Waals surface area contributed by atoms with E-state index in [1.807, 2.05) is 41.3 Å². The molecule has 0 aliphatic rings. The van der Waals surface area contributed by atoms with Crippen LogP contribution in [0, 0.1) is 0 Å². The number of hydrogen-bond acceptors (Lipinski definition) is 1. The summed E-state index contributed by atoms with van der Waals surface area (Å²) in [7, 11) is 0. The highest BCUT2D eigenvalue weighted by atomic mass is 16.2. The van der Waals surface area contributed by atoms with E-state index in [-0.39, 0.29) is 18.0 Å². The SMILES string of the molecule is C=C(C)C(=O)N([C@@H](C)c1ccccc1)[C@@H](C)c1ccccc1. The van der Waals surface area contributed by atoms with E-state index < -0.39 is 0 Å². The molecule has 22 heavy (non-hydrogen) atoms. The van der Waals surface area contributed by atoms with Crippen LogP contribution in [-0.2, 0) is 4.79 Å². The topological polar surface area (TPSA) is 20.3 Å². The second kappa shape index (κ2) is 7.08. The lowest BCUT2D eigenvalue weighted by atomic mass is 10.00. The van der Waals surface area contributed by atoms with Gasteiger partial charge in [0.2, 0.25) is 5.91 Å². The molecule has 0 unspecified atom stereocenters. The Morgan fingerprint density at radius 1 is 0.864 bits per heavy atom. The van der Waals surface area contributed by atoms with Gasteiger partial charge < -0.3 is 4.90 Å². The minimum absolute atomic E-state index is 0.00675. The van der Waals surface area contributed by atoms with Gasteiger partial charge in [-0.3, -0.25) is 4.79 Å². The minimum Gasteiger partial charge on any atom is -0.325 e. The van der Waals surface area contributed by atoms with Crippen LogP contribution in [0.3, 0.4) is 0 Å². The van der Waals surface area contributed by atoms with Crippen molar-refractivity contribution in [2.45, 2.75) is 32.9 Å². The van der Waals surface area contributed by atoms with Crippen molar-refractivity contribution in [1.82, 2.24) is 4.90 Å². The zero-order valence-corrected chi connectivity index (χ0v) is 13.5. The number of benzene rings is 2. The van der Waals surface area contributed by atoms with Crippen molar-refractivity contribution in [1.29, 1.82) is 0 Å². The number of nitrogens with zero attached hydrogens (tertiary/aromatic N) is 1. The summed E-state index contributed by atoms with van der Waals surface area (Å²) >= 11 is 0. The Labute approximate surface area is 133 Å². The summed E-state index contributed by atoms with van der Waals surface area (Å²) in [6, 6.07) is 20.2. The van der Waals surface area contributed by atoms with E-state index >= 15 is 0 Å². The quantitative estimate of drug-likeness (QED) is 0.717. The maximum absolute atomic E-state index is 12.7. The van der Waals surface area contributed by atoms with Crippen molar-refractivity contribution in [3.8, 4) is 0 Å². The van der Waals surface area contributed by atoms with Crippen molar-refractivity contribution >= 4 is 5.91 Å². The van der Waals surface area contributed by atoms with Crippen LogP contribution in [0.5, 0.6) is 0 Å². The summed E-state index contributed by atoms with van der Waals surface area (Å²) in [5, 5.41) is 0. The Bertz CT molecular complexity index is 588. The van der Waals surface area contributed by atoms with Gasteiger partial charge in [-0.25, -0.2) is 0 Å². The number of rotatable bonds is 5. The fraction of sp³-hybridized carbons (Fsp3) is 0.250. The molecule has 0 N–H and O–H groups in total. The molecule has 2 rings (SSSR count). The number of carbonyl (C=O) groups is 1. The molecule has 0 saturated heterocycles. The largest absolute Gasteiger partial charge is 0.325 e. The molecule has 2 atom stereocenters. The average Bonchev–Trinajstić information content (AvgIpc) is 2.56. The van der Waals surface area contributed by atoms with Crippen molar-refractivity contribution in [3.63, 3.8) is 0 Å². The Morgan fingerprint density at radius 2 is 1.23 bits per heavy atom. The molecule has 2 aromatic rings. The molecular formula is C20H23NO. The lowest BCUT2D eigenvalue weighted by Gasteiger charge is -2.35. The first-order valence-corrected chi connectivity index (χ1v) is 7.60. The molecule has 0 heterocycles. The first-order valence-electron chi connectivity index (χ1n) is 7.60. The van der Waals surface area contributed by atoms with Crippen molar-refractivity contribution in [2.24, 2.45) is 0 Å². The third kappa shape index (κ3) is 3.45. The third-order valence-corrected chi connectivity index (χ3v) is 4.00. The predicted molar refractivity (Wildman–Crippen MR) is 91.4 cm³/mol. The van der Waals surface area contributed by atoms with E-state index in [2.05, 4.69) is 44.7 Å². The fourth-order valence-electron chi connectivity index (χ4n) is 2.69. The van der Waals surface area contributed by atoms with Crippen LogP contribution in [0.2, 0.25) is 0 Å². The zero-order valence-electron chi connectivity index (χ0n) is 13.5. The van der Waals surface area contributed by atoms with Gasteiger partial charge in [-0.2, -0.15) is 0 Å². The summed E-state index contributed by atoms with van der Waals surface area (Å²) in [6.07, 6.45) is 0. The second-order valence-corrected chi connectivity index (χ2v) is 5.67. The van der Waals surface area contributed by atoms with Crippen molar-refractivity contribution < 1.29 is 4.79 Å².